The highest BCUT2D eigenvalue weighted by atomic mass is 14.6. The van der Waals surface area contributed by atoms with Crippen LogP contribution in [0.4, 0.5) is 0 Å². The highest BCUT2D eigenvalue weighted by Crippen LogP contribution is 2.69. The molecule has 0 spiro atoms. The van der Waals surface area contributed by atoms with Crippen LogP contribution in [0.5, 0.6) is 0 Å². The average molecular weight is 755 g/mol. The maximum atomic E-state index is 2.97. The Bertz CT molecular complexity index is 1650. The lowest BCUT2D eigenvalue weighted by atomic mass is 9.49. The van der Waals surface area contributed by atoms with Crippen LogP contribution in [0.3, 0.4) is 0 Å². The van der Waals surface area contributed by atoms with E-state index in [1.807, 2.05) is 11.1 Å². The molecule has 0 bridgehead atoms. The van der Waals surface area contributed by atoms with Gasteiger partial charge in [-0.05, 0) is 145 Å². The molecule has 14 unspecified atom stereocenters. The van der Waals surface area contributed by atoms with E-state index in [0.29, 0.717) is 71.0 Å². The minimum absolute atomic E-state index is 0.213. The molecule has 14 atom stereocenters. The summed E-state index contributed by atoms with van der Waals surface area (Å²) in [5, 5.41) is 0. The van der Waals surface area contributed by atoms with Crippen LogP contribution in [0.15, 0.2) is 94.2 Å². The highest BCUT2D eigenvalue weighted by molar-refractivity contribution is 5.57. The minimum Gasteiger partial charge on any atom is -0.0852 e. The first kappa shape index (κ1) is 40.7. The second-order valence-corrected chi connectivity index (χ2v) is 22.8. The molecule has 0 N–H and O–H groups in total. The summed E-state index contributed by atoms with van der Waals surface area (Å²) in [5.74, 6) is 7.54. The van der Waals surface area contributed by atoms with Gasteiger partial charge in [-0.3, -0.25) is 0 Å². The zero-order chi connectivity index (χ0) is 39.9. The fraction of sp³-hybridized carbons (Fsp3) is 0.714. The van der Waals surface area contributed by atoms with E-state index in [2.05, 4.69) is 144 Å². The highest BCUT2D eigenvalue weighted by Gasteiger charge is 2.58. The van der Waals surface area contributed by atoms with Crippen LogP contribution in [0.2, 0.25) is 0 Å². The lowest BCUT2D eigenvalue weighted by Gasteiger charge is -2.55. The summed E-state index contributed by atoms with van der Waals surface area (Å²) in [4.78, 5) is 0. The van der Waals surface area contributed by atoms with Gasteiger partial charge >= 0.3 is 0 Å². The first-order chi connectivity index (χ1) is 26.5. The molecular formula is C56H82. The smallest absolute Gasteiger partial charge is 0.0133 e. The van der Waals surface area contributed by atoms with E-state index in [9.17, 15) is 0 Å². The Morgan fingerprint density at radius 2 is 0.911 bits per heavy atom. The molecule has 4 saturated carbocycles. The summed E-state index contributed by atoms with van der Waals surface area (Å²) in [6.07, 6.45) is 43.5. The van der Waals surface area contributed by atoms with Crippen LogP contribution in [-0.4, -0.2) is 0 Å². The molecule has 0 radical (unpaired) electrons. The zero-order valence-electron chi connectivity index (χ0n) is 38.2. The SMILES string of the molecule is CC(C)C(C)/C=C/C(C)C1CCC2C3=C(C=CC21C)C1(C)CCCCC1=CC3C1C=C2CCCCC2(C)C2=C1C1CCC(C(C)/C=C/C(C)C(C)C)C1(C)C=C2. The first-order valence-corrected chi connectivity index (χ1v) is 24.2. The fourth-order valence-corrected chi connectivity index (χ4v) is 14.7. The van der Waals surface area contributed by atoms with Crippen LogP contribution < -0.4 is 0 Å². The van der Waals surface area contributed by atoms with Gasteiger partial charge in [-0.2, -0.15) is 0 Å². The summed E-state index contributed by atoms with van der Waals surface area (Å²) < 4.78 is 0. The zero-order valence-corrected chi connectivity index (χ0v) is 38.2. The van der Waals surface area contributed by atoms with Gasteiger partial charge in [0.2, 0.25) is 0 Å². The Hall–Kier alpha value is -2.08. The maximum absolute atomic E-state index is 2.97. The molecule has 56 heavy (non-hydrogen) atoms. The lowest BCUT2D eigenvalue weighted by molar-refractivity contribution is 0.181. The van der Waals surface area contributed by atoms with Crippen molar-refractivity contribution in [1.82, 2.24) is 0 Å². The molecule has 8 aliphatic carbocycles. The van der Waals surface area contributed by atoms with Crippen molar-refractivity contribution < 1.29 is 0 Å². The summed E-state index contributed by atoms with van der Waals surface area (Å²) >= 11 is 0. The van der Waals surface area contributed by atoms with E-state index >= 15 is 0 Å². The van der Waals surface area contributed by atoms with Gasteiger partial charge in [0.25, 0.3) is 0 Å². The summed E-state index contributed by atoms with van der Waals surface area (Å²) in [5.41, 5.74) is 11.8. The predicted octanol–water partition coefficient (Wildman–Crippen LogP) is 16.0. The van der Waals surface area contributed by atoms with E-state index in [0.717, 1.165) is 0 Å². The van der Waals surface area contributed by atoms with Crippen LogP contribution in [0.1, 0.15) is 160 Å². The van der Waals surface area contributed by atoms with Gasteiger partial charge in [0.05, 0.1) is 0 Å². The molecule has 306 valence electrons. The van der Waals surface area contributed by atoms with Gasteiger partial charge in [-0.15, -0.1) is 0 Å². The molecule has 0 amide bonds. The molecule has 0 saturated heterocycles. The minimum atomic E-state index is 0.213. The Morgan fingerprint density at radius 1 is 0.518 bits per heavy atom. The summed E-state index contributed by atoms with van der Waals surface area (Å²) in [7, 11) is 0. The van der Waals surface area contributed by atoms with Gasteiger partial charge in [0.15, 0.2) is 0 Å². The van der Waals surface area contributed by atoms with E-state index in [4.69, 9.17) is 0 Å². The Kier molecular flexibility index (Phi) is 10.8. The monoisotopic (exact) mass is 755 g/mol. The number of rotatable bonds is 9. The van der Waals surface area contributed by atoms with Crippen molar-refractivity contribution in [2.45, 2.75) is 160 Å². The van der Waals surface area contributed by atoms with Crippen molar-refractivity contribution >= 4 is 0 Å². The summed E-state index contributed by atoms with van der Waals surface area (Å²) in [6, 6.07) is 0. The normalized spacial score (nSPS) is 42.6. The summed E-state index contributed by atoms with van der Waals surface area (Å²) in [6.45, 7) is 30.2. The van der Waals surface area contributed by atoms with Gasteiger partial charge in [0.1, 0.15) is 0 Å². The van der Waals surface area contributed by atoms with Crippen molar-refractivity contribution in [1.29, 1.82) is 0 Å². The molecular weight excluding hydrogens is 673 g/mol. The second kappa shape index (κ2) is 14.9. The molecule has 0 aromatic carbocycles. The molecule has 0 nitrogen and oxygen atoms in total. The third kappa shape index (κ3) is 6.32. The number of hydrogen-bond acceptors (Lipinski definition) is 0. The van der Waals surface area contributed by atoms with Gasteiger partial charge in [-0.25, -0.2) is 0 Å². The number of fused-ring (bicyclic) bond motifs is 8. The predicted molar refractivity (Wildman–Crippen MR) is 242 cm³/mol. The van der Waals surface area contributed by atoms with Crippen molar-refractivity contribution in [2.24, 2.45) is 92.7 Å². The van der Waals surface area contributed by atoms with E-state index in [1.54, 1.807) is 22.3 Å². The maximum Gasteiger partial charge on any atom is 0.0133 e. The van der Waals surface area contributed by atoms with Crippen molar-refractivity contribution in [2.75, 3.05) is 0 Å². The fourth-order valence-electron chi connectivity index (χ4n) is 14.7. The topological polar surface area (TPSA) is 0 Å². The van der Waals surface area contributed by atoms with Gasteiger partial charge < -0.3 is 0 Å². The van der Waals surface area contributed by atoms with E-state index in [1.165, 1.54) is 77.0 Å². The Balaban J connectivity index is 1.23. The number of hydrogen-bond donors (Lipinski definition) is 0. The quantitative estimate of drug-likeness (QED) is 0.206. The molecule has 0 aliphatic heterocycles. The van der Waals surface area contributed by atoms with Gasteiger partial charge in [-0.1, -0.05) is 179 Å². The molecule has 0 heterocycles. The third-order valence-electron chi connectivity index (χ3n) is 19.3. The average Bonchev–Trinajstić information content (AvgIpc) is 3.71. The Morgan fingerprint density at radius 3 is 1.29 bits per heavy atom. The van der Waals surface area contributed by atoms with E-state index in [-0.39, 0.29) is 21.7 Å². The molecule has 8 rings (SSSR count). The molecule has 4 fully saturated rings. The van der Waals surface area contributed by atoms with E-state index < -0.39 is 0 Å². The van der Waals surface area contributed by atoms with Crippen molar-refractivity contribution in [3.05, 3.63) is 94.2 Å². The Labute approximate surface area is 345 Å². The number of allylic oxidation sites excluding steroid dienone is 16. The third-order valence-corrected chi connectivity index (χ3v) is 19.3. The van der Waals surface area contributed by atoms with Crippen LogP contribution in [0, 0.1) is 92.7 Å². The van der Waals surface area contributed by atoms with Crippen LogP contribution in [0.25, 0.3) is 0 Å². The van der Waals surface area contributed by atoms with Crippen LogP contribution in [-0.2, 0) is 0 Å². The van der Waals surface area contributed by atoms with Gasteiger partial charge in [0, 0.05) is 22.7 Å². The largest absolute Gasteiger partial charge is 0.0852 e. The molecule has 0 aromatic rings. The van der Waals surface area contributed by atoms with Crippen LogP contribution >= 0.6 is 0 Å². The second-order valence-electron chi connectivity index (χ2n) is 22.8. The first-order valence-electron chi connectivity index (χ1n) is 24.2. The molecule has 0 aromatic heterocycles. The molecule has 0 heteroatoms. The van der Waals surface area contributed by atoms with Crippen molar-refractivity contribution in [3.8, 4) is 0 Å². The molecule has 8 aliphatic rings. The van der Waals surface area contributed by atoms with Crippen molar-refractivity contribution in [3.63, 3.8) is 0 Å². The lowest BCUT2D eigenvalue weighted by Crippen LogP contribution is -2.45. The standard InChI is InChI=1S/C56H82/c1-35(2)37(5)19-21-39(7)45-23-25-47-51-43(33-41-17-13-15-29-53(41,9)49(51)27-31-55(45,47)11)44-34-42-18-14-16-30-54(42,10)50-28-32-56(12)46(24-26-48(56)52(44)50)40(8)22-20-38(6)36(3)4/h19-22,27-28,31-40,43-48H,13-18,23-26,29-30H2,1-12H3/b21-19+,22-20+.